The number of amides is 1. The molecule has 1 aliphatic rings. The number of hydrogen-bond acceptors (Lipinski definition) is 6. The fourth-order valence-electron chi connectivity index (χ4n) is 3.77. The molecule has 0 unspecified atom stereocenters. The van der Waals surface area contributed by atoms with Crippen LogP contribution in [-0.4, -0.2) is 65.0 Å². The zero-order valence-corrected chi connectivity index (χ0v) is 19.4. The van der Waals surface area contributed by atoms with Crippen molar-refractivity contribution in [3.63, 3.8) is 0 Å². The fourth-order valence-corrected chi connectivity index (χ4v) is 4.04. The van der Waals surface area contributed by atoms with E-state index in [0.717, 1.165) is 49.7 Å². The van der Waals surface area contributed by atoms with Crippen LogP contribution in [0.25, 0.3) is 11.3 Å². The summed E-state index contributed by atoms with van der Waals surface area (Å²) in [6, 6.07) is 9.43. The number of ether oxygens (including phenoxy) is 2. The maximum absolute atomic E-state index is 12.5. The average Bonchev–Trinajstić information content (AvgIpc) is 3.17. The van der Waals surface area contributed by atoms with Gasteiger partial charge in [-0.1, -0.05) is 17.7 Å². The van der Waals surface area contributed by atoms with E-state index in [1.165, 1.54) is 0 Å². The molecule has 0 atom stereocenters. The maximum Gasteiger partial charge on any atom is 0.224 e. The van der Waals surface area contributed by atoms with Crippen LogP contribution < -0.4 is 10.1 Å². The highest BCUT2D eigenvalue weighted by Gasteiger charge is 2.17. The van der Waals surface area contributed by atoms with Gasteiger partial charge in [-0.25, -0.2) is 0 Å². The lowest BCUT2D eigenvalue weighted by atomic mass is 10.1. The minimum absolute atomic E-state index is 0.0677. The van der Waals surface area contributed by atoms with Crippen LogP contribution in [0.4, 0.5) is 5.69 Å². The molecule has 174 valence electrons. The molecule has 0 saturated carbocycles. The number of nitrogens with one attached hydrogen (secondary N) is 1. The monoisotopic (exact) mass is 469 g/mol. The molecule has 3 aromatic rings. The number of morpholine rings is 1. The van der Waals surface area contributed by atoms with Gasteiger partial charge in [-0.15, -0.1) is 0 Å². The van der Waals surface area contributed by atoms with E-state index in [2.05, 4.69) is 20.3 Å². The maximum atomic E-state index is 12.5. The van der Waals surface area contributed by atoms with Gasteiger partial charge in [-0.2, -0.15) is 5.10 Å². The summed E-state index contributed by atoms with van der Waals surface area (Å²) in [5, 5.41) is 7.76. The number of aryl methyl sites for hydroxylation is 2. The lowest BCUT2D eigenvalue weighted by Crippen LogP contribution is -2.38. The highest BCUT2D eigenvalue weighted by molar-refractivity contribution is 6.33. The number of benzene rings is 1. The topological polar surface area (TPSA) is 81.5 Å². The first-order valence-electron chi connectivity index (χ1n) is 11.0. The SMILES string of the molecule is Cn1ncc(Cl)c1-c1cc(NC(=O)CCc2cccnc2)ccc1OCCN1CCOCC1. The molecule has 1 saturated heterocycles. The van der Waals surface area contributed by atoms with Gasteiger partial charge in [-0.05, 0) is 36.2 Å². The summed E-state index contributed by atoms with van der Waals surface area (Å²) in [7, 11) is 1.83. The number of carbonyl (C=O) groups is 1. The van der Waals surface area contributed by atoms with Crippen molar-refractivity contribution in [1.29, 1.82) is 0 Å². The van der Waals surface area contributed by atoms with E-state index in [-0.39, 0.29) is 5.91 Å². The number of aromatic nitrogens is 3. The van der Waals surface area contributed by atoms with Crippen molar-refractivity contribution in [2.24, 2.45) is 7.05 Å². The Morgan fingerprint density at radius 3 is 2.82 bits per heavy atom. The lowest BCUT2D eigenvalue weighted by molar-refractivity contribution is -0.116. The van der Waals surface area contributed by atoms with Crippen molar-refractivity contribution in [1.82, 2.24) is 19.7 Å². The molecule has 3 heterocycles. The minimum atomic E-state index is -0.0677. The largest absolute Gasteiger partial charge is 0.492 e. The van der Waals surface area contributed by atoms with Gasteiger partial charge in [0.2, 0.25) is 5.91 Å². The summed E-state index contributed by atoms with van der Waals surface area (Å²) in [6.45, 7) is 4.69. The number of hydrogen-bond donors (Lipinski definition) is 1. The molecular weight excluding hydrogens is 442 g/mol. The number of nitrogens with zero attached hydrogens (tertiary/aromatic N) is 4. The quantitative estimate of drug-likeness (QED) is 0.517. The predicted molar refractivity (Wildman–Crippen MR) is 128 cm³/mol. The second-order valence-electron chi connectivity index (χ2n) is 7.89. The van der Waals surface area contributed by atoms with Gasteiger partial charge >= 0.3 is 0 Å². The third-order valence-corrected chi connectivity index (χ3v) is 5.82. The van der Waals surface area contributed by atoms with E-state index in [1.807, 2.05) is 37.4 Å². The second kappa shape index (κ2) is 11.3. The zero-order valence-electron chi connectivity index (χ0n) is 18.7. The Morgan fingerprint density at radius 1 is 1.24 bits per heavy atom. The van der Waals surface area contributed by atoms with E-state index in [4.69, 9.17) is 21.1 Å². The van der Waals surface area contributed by atoms with Crippen LogP contribution in [-0.2, 0) is 23.0 Å². The van der Waals surface area contributed by atoms with Crippen molar-refractivity contribution in [2.75, 3.05) is 44.8 Å². The van der Waals surface area contributed by atoms with Crippen LogP contribution in [0.2, 0.25) is 5.02 Å². The van der Waals surface area contributed by atoms with Gasteiger partial charge in [-0.3, -0.25) is 19.4 Å². The van der Waals surface area contributed by atoms with Gasteiger partial charge < -0.3 is 14.8 Å². The normalized spacial score (nSPS) is 14.2. The first kappa shape index (κ1) is 23.2. The van der Waals surface area contributed by atoms with E-state index in [9.17, 15) is 4.79 Å². The van der Waals surface area contributed by atoms with E-state index in [1.54, 1.807) is 23.3 Å². The Balaban J connectivity index is 1.46. The Bertz CT molecular complexity index is 1050. The number of anilines is 1. The number of carbonyl (C=O) groups excluding carboxylic acids is 1. The third kappa shape index (κ3) is 6.31. The van der Waals surface area contributed by atoms with Crippen LogP contribution in [0, 0.1) is 0 Å². The van der Waals surface area contributed by atoms with Crippen molar-refractivity contribution in [2.45, 2.75) is 12.8 Å². The Hall–Kier alpha value is -2.94. The molecule has 4 rings (SSSR count). The standard InChI is InChI=1S/C24H28ClN5O3/c1-29-24(21(25)17-27-29)20-15-19(28-23(31)7-4-18-3-2-8-26-16-18)5-6-22(20)33-14-11-30-9-12-32-13-10-30/h2-3,5-6,8,15-17H,4,7,9-14H2,1H3,(H,28,31). The summed E-state index contributed by atoms with van der Waals surface area (Å²) < 4.78 is 13.2. The fraction of sp³-hybridized carbons (Fsp3) is 0.375. The Labute approximate surface area is 198 Å². The first-order valence-corrected chi connectivity index (χ1v) is 11.4. The van der Waals surface area contributed by atoms with Gasteiger partial charge in [0.25, 0.3) is 0 Å². The van der Waals surface area contributed by atoms with Crippen LogP contribution in [0.3, 0.4) is 0 Å². The minimum Gasteiger partial charge on any atom is -0.492 e. The molecule has 33 heavy (non-hydrogen) atoms. The van der Waals surface area contributed by atoms with Gasteiger partial charge in [0.15, 0.2) is 0 Å². The molecule has 0 spiro atoms. The molecule has 8 nitrogen and oxygen atoms in total. The van der Waals surface area contributed by atoms with Crippen LogP contribution in [0.5, 0.6) is 5.75 Å². The molecule has 0 aliphatic carbocycles. The first-order chi connectivity index (χ1) is 16.1. The summed E-state index contributed by atoms with van der Waals surface area (Å²) in [5.74, 6) is 0.629. The number of pyridine rings is 1. The van der Waals surface area contributed by atoms with Crippen LogP contribution in [0.1, 0.15) is 12.0 Å². The smallest absolute Gasteiger partial charge is 0.224 e. The molecule has 2 aromatic heterocycles. The second-order valence-corrected chi connectivity index (χ2v) is 8.29. The molecule has 1 fully saturated rings. The van der Waals surface area contributed by atoms with Crippen molar-refractivity contribution >= 4 is 23.2 Å². The molecule has 0 bridgehead atoms. The lowest BCUT2D eigenvalue weighted by Gasteiger charge is -2.26. The van der Waals surface area contributed by atoms with Crippen molar-refractivity contribution in [3.8, 4) is 17.0 Å². The Morgan fingerprint density at radius 2 is 2.09 bits per heavy atom. The Kier molecular flexibility index (Phi) is 7.93. The summed E-state index contributed by atoms with van der Waals surface area (Å²) in [4.78, 5) is 18.9. The van der Waals surface area contributed by atoms with Crippen LogP contribution in [0.15, 0.2) is 48.9 Å². The average molecular weight is 470 g/mol. The molecule has 9 heteroatoms. The summed E-state index contributed by atoms with van der Waals surface area (Å²) in [6.07, 6.45) is 6.10. The van der Waals surface area contributed by atoms with E-state index >= 15 is 0 Å². The number of halogens is 1. The molecule has 1 N–H and O–H groups in total. The summed E-state index contributed by atoms with van der Waals surface area (Å²) in [5.41, 5.74) is 3.23. The highest BCUT2D eigenvalue weighted by atomic mass is 35.5. The van der Waals surface area contributed by atoms with Crippen LogP contribution >= 0.6 is 11.6 Å². The molecule has 1 amide bonds. The van der Waals surface area contributed by atoms with Crippen molar-refractivity contribution < 1.29 is 14.3 Å². The van der Waals surface area contributed by atoms with Gasteiger partial charge in [0.05, 0.1) is 30.1 Å². The number of rotatable bonds is 9. The predicted octanol–water partition coefficient (Wildman–Crippen LogP) is 3.42. The van der Waals surface area contributed by atoms with E-state index in [0.29, 0.717) is 35.9 Å². The highest BCUT2D eigenvalue weighted by Crippen LogP contribution is 2.36. The third-order valence-electron chi connectivity index (χ3n) is 5.54. The summed E-state index contributed by atoms with van der Waals surface area (Å²) >= 11 is 6.43. The molecule has 0 radical (unpaired) electrons. The molecular formula is C24H28ClN5O3. The molecule has 1 aliphatic heterocycles. The van der Waals surface area contributed by atoms with Gasteiger partial charge in [0, 0.05) is 56.7 Å². The zero-order chi connectivity index (χ0) is 23.0. The van der Waals surface area contributed by atoms with Crippen molar-refractivity contribution in [3.05, 3.63) is 59.5 Å². The van der Waals surface area contributed by atoms with Gasteiger partial charge in [0.1, 0.15) is 12.4 Å². The molecule has 1 aromatic carbocycles. The van der Waals surface area contributed by atoms with E-state index < -0.39 is 0 Å².